The number of hydrogen-bond donors (Lipinski definition) is 1. The molecule has 1 aromatic heterocycles. The molecule has 4 rings (SSSR count). The van der Waals surface area contributed by atoms with Gasteiger partial charge < -0.3 is 19.4 Å². The van der Waals surface area contributed by atoms with Crippen LogP contribution in [0, 0.1) is 0 Å². The highest BCUT2D eigenvalue weighted by Crippen LogP contribution is 2.26. The highest BCUT2D eigenvalue weighted by Gasteiger charge is 2.27. The average molecular weight is 462 g/mol. The first kappa shape index (κ1) is 23.9. The summed E-state index contributed by atoms with van der Waals surface area (Å²) < 4.78 is 11.0. The number of ether oxygens (including phenoxy) is 1. The smallest absolute Gasteiger partial charge is 0.251 e. The SMILES string of the molecule is COc1ccc(N2CCN(C(CNC(=O)c3ccc(C(C)(C)C)cc3)c3ccco3)CC2)cc1. The maximum absolute atomic E-state index is 12.9. The summed E-state index contributed by atoms with van der Waals surface area (Å²) in [7, 11) is 1.68. The predicted molar refractivity (Wildman–Crippen MR) is 136 cm³/mol. The molecule has 34 heavy (non-hydrogen) atoms. The van der Waals surface area contributed by atoms with Gasteiger partial charge >= 0.3 is 0 Å². The normalized spacial score (nSPS) is 15.7. The van der Waals surface area contributed by atoms with Gasteiger partial charge in [-0.3, -0.25) is 9.69 Å². The number of anilines is 1. The third-order valence-corrected chi connectivity index (χ3v) is 6.53. The molecule has 1 amide bonds. The zero-order valence-corrected chi connectivity index (χ0v) is 20.6. The molecule has 1 aliphatic rings. The molecule has 3 aromatic rings. The van der Waals surface area contributed by atoms with E-state index in [0.29, 0.717) is 12.1 Å². The number of rotatable bonds is 7. The van der Waals surface area contributed by atoms with Gasteiger partial charge in [-0.2, -0.15) is 0 Å². The Balaban J connectivity index is 1.38. The van der Waals surface area contributed by atoms with Gasteiger partial charge in [-0.05, 0) is 59.5 Å². The molecule has 0 spiro atoms. The van der Waals surface area contributed by atoms with E-state index >= 15 is 0 Å². The molecule has 2 aromatic carbocycles. The fourth-order valence-corrected chi connectivity index (χ4v) is 4.39. The van der Waals surface area contributed by atoms with Crippen molar-refractivity contribution in [3.05, 3.63) is 83.8 Å². The molecule has 2 heterocycles. The number of nitrogens with zero attached hydrogens (tertiary/aromatic N) is 2. The summed E-state index contributed by atoms with van der Waals surface area (Å²) in [6.07, 6.45) is 1.70. The van der Waals surface area contributed by atoms with Crippen molar-refractivity contribution in [3.8, 4) is 5.75 Å². The number of amides is 1. The largest absolute Gasteiger partial charge is 0.497 e. The molecule has 6 nitrogen and oxygen atoms in total. The van der Waals surface area contributed by atoms with E-state index in [1.54, 1.807) is 13.4 Å². The third kappa shape index (κ3) is 5.62. The second-order valence-corrected chi connectivity index (χ2v) is 9.79. The molecular formula is C28H35N3O3. The fraction of sp³-hybridized carbons (Fsp3) is 0.393. The van der Waals surface area contributed by atoms with Gasteiger partial charge in [0.1, 0.15) is 11.5 Å². The van der Waals surface area contributed by atoms with Crippen LogP contribution in [-0.4, -0.2) is 50.6 Å². The molecule has 1 N–H and O–H groups in total. The summed E-state index contributed by atoms with van der Waals surface area (Å²) in [5.74, 6) is 1.68. The van der Waals surface area contributed by atoms with Crippen LogP contribution in [0.15, 0.2) is 71.3 Å². The lowest BCUT2D eigenvalue weighted by Gasteiger charge is -2.39. The fourth-order valence-electron chi connectivity index (χ4n) is 4.39. The van der Waals surface area contributed by atoms with Crippen molar-refractivity contribution >= 4 is 11.6 Å². The van der Waals surface area contributed by atoms with Gasteiger partial charge in [0.15, 0.2) is 0 Å². The van der Waals surface area contributed by atoms with E-state index in [-0.39, 0.29) is 17.4 Å². The Hall–Kier alpha value is -3.25. The maximum atomic E-state index is 12.9. The number of hydrogen-bond acceptors (Lipinski definition) is 5. The number of carbonyl (C=O) groups is 1. The van der Waals surface area contributed by atoms with E-state index in [1.165, 1.54) is 11.3 Å². The second kappa shape index (κ2) is 10.3. The highest BCUT2D eigenvalue weighted by atomic mass is 16.5. The summed E-state index contributed by atoms with van der Waals surface area (Å²) in [6.45, 7) is 10.6. The first-order chi connectivity index (χ1) is 16.3. The van der Waals surface area contributed by atoms with Gasteiger partial charge in [0.25, 0.3) is 5.91 Å². The van der Waals surface area contributed by atoms with E-state index in [9.17, 15) is 4.79 Å². The Bertz CT molecular complexity index is 1050. The van der Waals surface area contributed by atoms with Crippen LogP contribution in [0.4, 0.5) is 5.69 Å². The Morgan fingerprint density at radius 1 is 1.00 bits per heavy atom. The lowest BCUT2D eigenvalue weighted by molar-refractivity contribution is 0.0922. The quantitative estimate of drug-likeness (QED) is 0.544. The molecular weight excluding hydrogens is 426 g/mol. The number of methoxy groups -OCH3 is 1. The average Bonchev–Trinajstić information content (AvgIpc) is 3.39. The van der Waals surface area contributed by atoms with Gasteiger partial charge in [0.05, 0.1) is 19.4 Å². The second-order valence-electron chi connectivity index (χ2n) is 9.79. The molecule has 0 radical (unpaired) electrons. The van der Waals surface area contributed by atoms with Crippen LogP contribution in [0.1, 0.15) is 48.5 Å². The minimum atomic E-state index is -0.0612. The molecule has 6 heteroatoms. The van der Waals surface area contributed by atoms with Gasteiger partial charge in [-0.1, -0.05) is 32.9 Å². The van der Waals surface area contributed by atoms with Crippen molar-refractivity contribution in [1.82, 2.24) is 10.2 Å². The number of nitrogens with one attached hydrogen (secondary N) is 1. The van der Waals surface area contributed by atoms with Crippen molar-refractivity contribution in [2.24, 2.45) is 0 Å². The molecule has 1 fully saturated rings. The summed E-state index contributed by atoms with van der Waals surface area (Å²) in [4.78, 5) is 17.6. The van der Waals surface area contributed by atoms with Crippen molar-refractivity contribution < 1.29 is 13.9 Å². The maximum Gasteiger partial charge on any atom is 0.251 e. The molecule has 0 bridgehead atoms. The van der Waals surface area contributed by atoms with E-state index in [2.05, 4.69) is 48.0 Å². The number of benzene rings is 2. The number of carbonyl (C=O) groups excluding carboxylic acids is 1. The molecule has 1 atom stereocenters. The monoisotopic (exact) mass is 461 g/mol. The first-order valence-electron chi connectivity index (χ1n) is 11.9. The molecule has 0 saturated carbocycles. The topological polar surface area (TPSA) is 58.0 Å². The lowest BCUT2D eigenvalue weighted by Crippen LogP contribution is -2.49. The molecule has 180 valence electrons. The van der Waals surface area contributed by atoms with E-state index in [0.717, 1.165) is 37.7 Å². The van der Waals surface area contributed by atoms with Crippen LogP contribution in [0.2, 0.25) is 0 Å². The molecule has 0 aliphatic carbocycles. The van der Waals surface area contributed by atoms with Crippen molar-refractivity contribution in [1.29, 1.82) is 0 Å². The van der Waals surface area contributed by atoms with Crippen LogP contribution in [0.25, 0.3) is 0 Å². The van der Waals surface area contributed by atoms with Crippen LogP contribution >= 0.6 is 0 Å². The van der Waals surface area contributed by atoms with Crippen LogP contribution in [0.3, 0.4) is 0 Å². The van der Waals surface area contributed by atoms with Gasteiger partial charge in [-0.25, -0.2) is 0 Å². The summed E-state index contributed by atoms with van der Waals surface area (Å²) in [6, 6.07) is 20.0. The Morgan fingerprint density at radius 3 is 2.24 bits per heavy atom. The van der Waals surface area contributed by atoms with E-state index in [1.807, 2.05) is 48.5 Å². The van der Waals surface area contributed by atoms with E-state index < -0.39 is 0 Å². The minimum Gasteiger partial charge on any atom is -0.497 e. The van der Waals surface area contributed by atoms with Crippen molar-refractivity contribution in [3.63, 3.8) is 0 Å². The summed E-state index contributed by atoms with van der Waals surface area (Å²) in [5.41, 5.74) is 3.15. The standard InChI is InChI=1S/C28H35N3O3/c1-28(2,3)22-9-7-21(8-10-22)27(32)29-20-25(26-6-5-19-34-26)31-17-15-30(16-18-31)23-11-13-24(33-4)14-12-23/h5-14,19,25H,15-18,20H2,1-4H3,(H,29,32). The van der Waals surface area contributed by atoms with Crippen LogP contribution in [0.5, 0.6) is 5.75 Å². The lowest BCUT2D eigenvalue weighted by atomic mass is 9.87. The first-order valence-corrected chi connectivity index (χ1v) is 11.9. The number of piperazine rings is 1. The predicted octanol–water partition coefficient (Wildman–Crippen LogP) is 4.88. The van der Waals surface area contributed by atoms with Gasteiger partial charge in [0, 0.05) is 44.0 Å². The minimum absolute atomic E-state index is 0.00850. The van der Waals surface area contributed by atoms with Crippen molar-refractivity contribution in [2.75, 3.05) is 44.7 Å². The Morgan fingerprint density at radius 2 is 1.68 bits per heavy atom. The summed E-state index contributed by atoms with van der Waals surface area (Å²) >= 11 is 0. The molecule has 1 saturated heterocycles. The third-order valence-electron chi connectivity index (χ3n) is 6.53. The van der Waals surface area contributed by atoms with Crippen LogP contribution < -0.4 is 15.0 Å². The number of furan rings is 1. The highest BCUT2D eigenvalue weighted by molar-refractivity contribution is 5.94. The molecule has 1 aliphatic heterocycles. The summed E-state index contributed by atoms with van der Waals surface area (Å²) in [5, 5.41) is 3.13. The zero-order valence-electron chi connectivity index (χ0n) is 20.6. The Kier molecular flexibility index (Phi) is 7.27. The van der Waals surface area contributed by atoms with Gasteiger partial charge in [0.2, 0.25) is 0 Å². The van der Waals surface area contributed by atoms with Crippen molar-refractivity contribution in [2.45, 2.75) is 32.2 Å². The van der Waals surface area contributed by atoms with Gasteiger partial charge in [-0.15, -0.1) is 0 Å². The zero-order chi connectivity index (χ0) is 24.1. The van der Waals surface area contributed by atoms with Crippen LogP contribution in [-0.2, 0) is 5.41 Å². The molecule has 1 unspecified atom stereocenters. The van der Waals surface area contributed by atoms with E-state index in [4.69, 9.17) is 9.15 Å². The Labute approximate surface area is 202 Å².